The number of phenolic OH excluding ortho intramolecular Hbond substituents is 2. The van der Waals surface area contributed by atoms with Crippen molar-refractivity contribution in [2.45, 2.75) is 18.8 Å². The molecule has 2 heterocycles. The number of rotatable bonds is 3. The topological polar surface area (TPSA) is 141 Å². The van der Waals surface area contributed by atoms with E-state index in [1.165, 1.54) is 36.4 Å². The van der Waals surface area contributed by atoms with Crippen LogP contribution >= 0.6 is 0 Å². The summed E-state index contributed by atoms with van der Waals surface area (Å²) in [6.45, 7) is 0. The van der Waals surface area contributed by atoms with Crippen molar-refractivity contribution >= 4 is 21.9 Å². The van der Waals surface area contributed by atoms with Crippen LogP contribution in [0.15, 0.2) is 85.2 Å². The Hall–Kier alpha value is -4.98. The molecule has 8 nitrogen and oxygen atoms in total. The second kappa shape index (κ2) is 8.30. The predicted molar refractivity (Wildman–Crippen MR) is 136 cm³/mol. The summed E-state index contributed by atoms with van der Waals surface area (Å²) in [4.78, 5) is 26.6. The van der Waals surface area contributed by atoms with Gasteiger partial charge in [-0.15, -0.1) is 0 Å². The first-order valence-corrected chi connectivity index (χ1v) is 11.6. The van der Waals surface area contributed by atoms with Crippen LogP contribution in [-0.4, -0.2) is 20.4 Å². The number of aromatic hydroxyl groups is 4. The molecule has 0 bridgehead atoms. The van der Waals surface area contributed by atoms with Crippen molar-refractivity contribution in [3.05, 3.63) is 115 Å². The molecule has 4 N–H and O–H groups in total. The second-order valence-corrected chi connectivity index (χ2v) is 9.01. The van der Waals surface area contributed by atoms with Crippen LogP contribution < -0.4 is 11.3 Å². The van der Waals surface area contributed by atoms with Gasteiger partial charge in [0.2, 0.25) is 0 Å². The zero-order valence-electron chi connectivity index (χ0n) is 19.3. The van der Waals surface area contributed by atoms with Gasteiger partial charge < -0.3 is 29.3 Å². The SMILES string of the molecule is O=c1oc2cc(O)ccc2c(O)c1C(c1ccc2c(c1)CC=CC2)c1c(O)c2ccc(O)cc2oc1=O. The Balaban J connectivity index is 1.70. The van der Waals surface area contributed by atoms with E-state index in [2.05, 4.69) is 6.08 Å². The fraction of sp³-hybridized carbons (Fsp3) is 0.103. The van der Waals surface area contributed by atoms with Crippen LogP contribution in [0.5, 0.6) is 23.0 Å². The van der Waals surface area contributed by atoms with E-state index in [9.17, 15) is 30.0 Å². The Kier molecular flexibility index (Phi) is 5.05. The molecule has 0 spiro atoms. The maximum Gasteiger partial charge on any atom is 0.344 e. The van der Waals surface area contributed by atoms with Crippen molar-refractivity contribution in [1.29, 1.82) is 0 Å². The highest BCUT2D eigenvalue weighted by Gasteiger charge is 2.33. The van der Waals surface area contributed by atoms with E-state index < -0.39 is 28.7 Å². The van der Waals surface area contributed by atoms with Gasteiger partial charge in [-0.2, -0.15) is 0 Å². The van der Waals surface area contributed by atoms with E-state index in [0.29, 0.717) is 12.0 Å². The maximum atomic E-state index is 13.3. The zero-order chi connectivity index (χ0) is 25.8. The van der Waals surface area contributed by atoms with Crippen LogP contribution in [-0.2, 0) is 12.8 Å². The van der Waals surface area contributed by atoms with Crippen molar-refractivity contribution < 1.29 is 29.3 Å². The first-order valence-electron chi connectivity index (χ1n) is 11.6. The summed E-state index contributed by atoms with van der Waals surface area (Å²) in [5.74, 6) is -2.45. The number of benzene rings is 3. The molecule has 0 fully saturated rings. The third-order valence-corrected chi connectivity index (χ3v) is 6.78. The second-order valence-electron chi connectivity index (χ2n) is 9.01. The van der Waals surface area contributed by atoms with Gasteiger partial charge in [0.1, 0.15) is 34.2 Å². The van der Waals surface area contributed by atoms with Gasteiger partial charge in [-0.3, -0.25) is 0 Å². The van der Waals surface area contributed by atoms with Gasteiger partial charge in [0, 0.05) is 12.1 Å². The molecule has 0 unspecified atom stereocenters. The van der Waals surface area contributed by atoms with Gasteiger partial charge in [-0.1, -0.05) is 30.4 Å². The maximum absolute atomic E-state index is 13.3. The third kappa shape index (κ3) is 3.61. The molecule has 0 saturated heterocycles. The molecule has 37 heavy (non-hydrogen) atoms. The molecule has 184 valence electrons. The van der Waals surface area contributed by atoms with Gasteiger partial charge in [0.15, 0.2) is 0 Å². The standard InChI is InChI=1S/C29H20O8/c30-17-7-9-19-21(12-17)36-28(34)24(26(19)32)23(16-6-5-14-3-1-2-4-15(14)11-16)25-27(33)20-10-8-18(31)13-22(20)37-29(25)35/h1-2,5-13,23,30-33H,3-4H2. The summed E-state index contributed by atoms with van der Waals surface area (Å²) < 4.78 is 10.9. The van der Waals surface area contributed by atoms with E-state index >= 15 is 0 Å². The molecule has 0 radical (unpaired) electrons. The van der Waals surface area contributed by atoms with Gasteiger partial charge in [0.05, 0.1) is 27.8 Å². The van der Waals surface area contributed by atoms with Crippen molar-refractivity contribution in [2.24, 2.45) is 0 Å². The Morgan fingerprint density at radius 1 is 0.622 bits per heavy atom. The molecular weight excluding hydrogens is 476 g/mol. The van der Waals surface area contributed by atoms with Gasteiger partial charge in [-0.05, 0) is 53.8 Å². The molecule has 5 aromatic rings. The molecule has 8 heteroatoms. The molecule has 0 aliphatic heterocycles. The fourth-order valence-corrected chi connectivity index (χ4v) is 5.00. The summed E-state index contributed by atoms with van der Waals surface area (Å²) in [5.41, 5.74) is 0.0582. The normalized spacial score (nSPS) is 12.9. The van der Waals surface area contributed by atoms with E-state index in [1.807, 2.05) is 18.2 Å². The fourth-order valence-electron chi connectivity index (χ4n) is 5.00. The van der Waals surface area contributed by atoms with Crippen LogP contribution in [0.2, 0.25) is 0 Å². The zero-order valence-corrected chi connectivity index (χ0v) is 19.3. The van der Waals surface area contributed by atoms with Gasteiger partial charge >= 0.3 is 11.3 Å². The lowest BCUT2D eigenvalue weighted by molar-refractivity contribution is 0.439. The molecule has 1 aliphatic rings. The van der Waals surface area contributed by atoms with Gasteiger partial charge in [-0.25, -0.2) is 9.59 Å². The van der Waals surface area contributed by atoms with Gasteiger partial charge in [0.25, 0.3) is 0 Å². The average Bonchev–Trinajstić information content (AvgIpc) is 2.87. The molecule has 1 aliphatic carbocycles. The number of hydrogen-bond donors (Lipinski definition) is 4. The minimum absolute atomic E-state index is 0.0363. The summed E-state index contributed by atoms with van der Waals surface area (Å²) >= 11 is 0. The van der Waals surface area contributed by atoms with Crippen molar-refractivity contribution in [3.63, 3.8) is 0 Å². The molecule has 6 rings (SSSR count). The van der Waals surface area contributed by atoms with Crippen molar-refractivity contribution in [2.75, 3.05) is 0 Å². The molecule has 0 amide bonds. The smallest absolute Gasteiger partial charge is 0.344 e. The lowest BCUT2D eigenvalue weighted by Crippen LogP contribution is -2.21. The van der Waals surface area contributed by atoms with Crippen LogP contribution in [0, 0.1) is 0 Å². The quantitative estimate of drug-likeness (QED) is 0.210. The monoisotopic (exact) mass is 496 g/mol. The van der Waals surface area contributed by atoms with E-state index in [1.54, 1.807) is 6.07 Å². The number of phenols is 2. The largest absolute Gasteiger partial charge is 0.508 e. The minimum atomic E-state index is -1.25. The highest BCUT2D eigenvalue weighted by molar-refractivity contribution is 5.88. The van der Waals surface area contributed by atoms with Crippen LogP contribution in [0.1, 0.15) is 33.7 Å². The number of fused-ring (bicyclic) bond motifs is 3. The molecular formula is C29H20O8. The highest BCUT2D eigenvalue weighted by atomic mass is 16.4. The van der Waals surface area contributed by atoms with E-state index in [0.717, 1.165) is 17.5 Å². The van der Waals surface area contributed by atoms with E-state index in [4.69, 9.17) is 8.83 Å². The van der Waals surface area contributed by atoms with Crippen molar-refractivity contribution in [1.82, 2.24) is 0 Å². The lowest BCUT2D eigenvalue weighted by Gasteiger charge is -2.21. The van der Waals surface area contributed by atoms with Crippen LogP contribution in [0.3, 0.4) is 0 Å². The molecule has 2 aromatic heterocycles. The van der Waals surface area contributed by atoms with Crippen LogP contribution in [0.25, 0.3) is 21.9 Å². The summed E-state index contributed by atoms with van der Waals surface area (Å²) in [5, 5.41) is 42.5. The summed E-state index contributed by atoms with van der Waals surface area (Å²) in [6, 6.07) is 13.3. The Morgan fingerprint density at radius 3 is 1.68 bits per heavy atom. The number of allylic oxidation sites excluding steroid dienone is 2. The Morgan fingerprint density at radius 2 is 1.14 bits per heavy atom. The van der Waals surface area contributed by atoms with Crippen LogP contribution in [0.4, 0.5) is 0 Å². The highest BCUT2D eigenvalue weighted by Crippen LogP contribution is 2.43. The first kappa shape index (κ1) is 22.5. The number of hydrogen-bond acceptors (Lipinski definition) is 8. The lowest BCUT2D eigenvalue weighted by atomic mass is 9.82. The molecule has 3 aromatic carbocycles. The summed E-state index contributed by atoms with van der Waals surface area (Å²) in [6.07, 6.45) is 5.45. The van der Waals surface area contributed by atoms with E-state index in [-0.39, 0.29) is 44.6 Å². The average molecular weight is 496 g/mol. The Labute approximate surface area is 208 Å². The summed E-state index contributed by atoms with van der Waals surface area (Å²) in [7, 11) is 0. The Bertz CT molecular complexity index is 1770. The first-order chi connectivity index (χ1) is 17.8. The minimum Gasteiger partial charge on any atom is -0.508 e. The molecule has 0 saturated carbocycles. The third-order valence-electron chi connectivity index (χ3n) is 6.78. The molecule has 0 atom stereocenters. The van der Waals surface area contributed by atoms with Crippen molar-refractivity contribution in [3.8, 4) is 23.0 Å². The predicted octanol–water partition coefficient (Wildman–Crippen LogP) is 4.56.